The fourth-order valence-electron chi connectivity index (χ4n) is 3.84. The van der Waals surface area contributed by atoms with Crippen molar-refractivity contribution in [2.75, 3.05) is 5.32 Å². The summed E-state index contributed by atoms with van der Waals surface area (Å²) in [6.07, 6.45) is -4.32. The molecule has 3 rings (SSSR count). The van der Waals surface area contributed by atoms with Crippen LogP contribution in [0.1, 0.15) is 62.8 Å². The van der Waals surface area contributed by atoms with E-state index in [1.807, 2.05) is 6.07 Å². The van der Waals surface area contributed by atoms with Crippen LogP contribution in [0, 0.1) is 11.3 Å². The number of hydrogen-bond acceptors (Lipinski definition) is 5. The first-order chi connectivity index (χ1) is 16.8. The van der Waals surface area contributed by atoms with Crippen molar-refractivity contribution in [3.8, 4) is 6.07 Å². The summed E-state index contributed by atoms with van der Waals surface area (Å²) in [5.74, 6) is -0.294. The Morgan fingerprint density at radius 3 is 2.47 bits per heavy atom. The van der Waals surface area contributed by atoms with Gasteiger partial charge in [0.05, 0.1) is 23.2 Å². The molecule has 0 saturated heterocycles. The van der Waals surface area contributed by atoms with Crippen LogP contribution in [0.15, 0.2) is 53.7 Å². The van der Waals surface area contributed by atoms with Gasteiger partial charge in [-0.15, -0.1) is 0 Å². The SMILES string of the molecule is CC(C)(C)OC(=O)NC(C1=C(Nc2cccc(C(F)(F)F)c2)CCCC1=O)c1ccc(C#N)cc1Cl. The van der Waals surface area contributed by atoms with E-state index in [0.717, 1.165) is 12.1 Å². The Morgan fingerprint density at radius 1 is 1.14 bits per heavy atom. The molecule has 0 fully saturated rings. The van der Waals surface area contributed by atoms with E-state index in [9.17, 15) is 28.0 Å². The summed E-state index contributed by atoms with van der Waals surface area (Å²) in [7, 11) is 0. The maximum Gasteiger partial charge on any atom is 0.416 e. The monoisotopic (exact) mass is 519 g/mol. The highest BCUT2D eigenvalue weighted by molar-refractivity contribution is 6.31. The summed E-state index contributed by atoms with van der Waals surface area (Å²) < 4.78 is 45.1. The lowest BCUT2D eigenvalue weighted by molar-refractivity contribution is -0.137. The molecule has 36 heavy (non-hydrogen) atoms. The van der Waals surface area contributed by atoms with Crippen molar-refractivity contribution in [3.63, 3.8) is 0 Å². The van der Waals surface area contributed by atoms with Crippen LogP contribution in [0.25, 0.3) is 0 Å². The molecule has 1 amide bonds. The third-order valence-electron chi connectivity index (χ3n) is 5.33. The average molecular weight is 520 g/mol. The zero-order valence-electron chi connectivity index (χ0n) is 19.9. The molecular formula is C26H25ClF3N3O3. The topological polar surface area (TPSA) is 91.2 Å². The highest BCUT2D eigenvalue weighted by atomic mass is 35.5. The van der Waals surface area contributed by atoms with E-state index >= 15 is 0 Å². The Balaban J connectivity index is 2.11. The van der Waals surface area contributed by atoms with Crippen molar-refractivity contribution in [3.05, 3.63) is 75.4 Å². The van der Waals surface area contributed by atoms with E-state index in [0.29, 0.717) is 24.1 Å². The van der Waals surface area contributed by atoms with Gasteiger partial charge in [0.1, 0.15) is 5.60 Å². The van der Waals surface area contributed by atoms with Crippen LogP contribution < -0.4 is 10.6 Å². The van der Waals surface area contributed by atoms with E-state index in [2.05, 4.69) is 10.6 Å². The first kappa shape index (κ1) is 27.1. The number of alkyl carbamates (subject to hydrolysis) is 1. The van der Waals surface area contributed by atoms with Gasteiger partial charge in [0.2, 0.25) is 0 Å². The molecule has 1 atom stereocenters. The number of hydrogen-bond donors (Lipinski definition) is 2. The molecule has 2 aromatic rings. The summed E-state index contributed by atoms with van der Waals surface area (Å²) >= 11 is 6.44. The Morgan fingerprint density at radius 2 is 1.86 bits per heavy atom. The number of Topliss-reactive ketones (excluding diaryl/α,β-unsaturated/α-hetero) is 1. The lowest BCUT2D eigenvalue weighted by atomic mass is 9.86. The second-order valence-electron chi connectivity index (χ2n) is 9.30. The van der Waals surface area contributed by atoms with Gasteiger partial charge >= 0.3 is 12.3 Å². The van der Waals surface area contributed by atoms with Crippen molar-refractivity contribution < 1.29 is 27.5 Å². The van der Waals surface area contributed by atoms with Gasteiger partial charge in [0.25, 0.3) is 0 Å². The molecule has 0 bridgehead atoms. The fourth-order valence-corrected chi connectivity index (χ4v) is 4.13. The zero-order chi connectivity index (χ0) is 26.7. The third-order valence-corrected chi connectivity index (χ3v) is 5.66. The van der Waals surface area contributed by atoms with Crippen LogP contribution >= 0.6 is 11.6 Å². The number of alkyl halides is 3. The highest BCUT2D eigenvalue weighted by Gasteiger charge is 2.34. The molecule has 190 valence electrons. The van der Waals surface area contributed by atoms with Gasteiger partial charge in [-0.1, -0.05) is 23.7 Å². The number of nitrogens with one attached hydrogen (secondary N) is 2. The van der Waals surface area contributed by atoms with Crippen molar-refractivity contribution in [2.45, 2.75) is 57.9 Å². The first-order valence-corrected chi connectivity index (χ1v) is 11.6. The lowest BCUT2D eigenvalue weighted by Crippen LogP contribution is -2.38. The molecule has 0 aliphatic heterocycles. The van der Waals surface area contributed by atoms with E-state index in [1.54, 1.807) is 20.8 Å². The van der Waals surface area contributed by atoms with Gasteiger partial charge in [0.15, 0.2) is 5.78 Å². The normalized spacial score (nSPS) is 15.2. The molecule has 0 radical (unpaired) electrons. The zero-order valence-corrected chi connectivity index (χ0v) is 20.7. The molecule has 1 aliphatic rings. The van der Waals surface area contributed by atoms with Gasteiger partial charge in [-0.25, -0.2) is 4.79 Å². The predicted molar refractivity (Wildman–Crippen MR) is 129 cm³/mol. The number of ether oxygens (including phenoxy) is 1. The van der Waals surface area contributed by atoms with Gasteiger partial charge in [-0.05, 0) is 69.5 Å². The van der Waals surface area contributed by atoms with Crippen LogP contribution in [0.4, 0.5) is 23.7 Å². The second kappa shape index (κ2) is 10.6. The second-order valence-corrected chi connectivity index (χ2v) is 9.71. The Labute approximate surface area is 212 Å². The molecule has 2 aromatic carbocycles. The molecule has 0 spiro atoms. The van der Waals surface area contributed by atoms with Gasteiger partial charge in [-0.2, -0.15) is 18.4 Å². The summed E-state index contributed by atoms with van der Waals surface area (Å²) in [4.78, 5) is 25.9. The standard InChI is InChI=1S/C26H25ClF3N3O3/c1-25(2,3)36-24(35)33-23(18-11-10-15(14-31)12-19(18)27)22-20(8-5-9-21(22)34)32-17-7-4-6-16(13-17)26(28,29)30/h4,6-7,10-13,23,32H,5,8-9H2,1-3H3,(H,33,35). The third kappa shape index (κ3) is 6.79. The first-order valence-electron chi connectivity index (χ1n) is 11.2. The Bertz CT molecular complexity index is 1240. The van der Waals surface area contributed by atoms with E-state index in [-0.39, 0.29) is 34.1 Å². The molecule has 0 aromatic heterocycles. The fraction of sp³-hybridized carbons (Fsp3) is 0.346. The van der Waals surface area contributed by atoms with Crippen LogP contribution in [-0.4, -0.2) is 17.5 Å². The van der Waals surface area contributed by atoms with Crippen LogP contribution in [0.5, 0.6) is 0 Å². The molecule has 10 heteroatoms. The lowest BCUT2D eigenvalue weighted by Gasteiger charge is -2.30. The van der Waals surface area contributed by atoms with E-state index in [1.165, 1.54) is 30.3 Å². The molecule has 1 aliphatic carbocycles. The minimum absolute atomic E-state index is 0.138. The molecule has 6 nitrogen and oxygen atoms in total. The number of halogens is 4. The Kier molecular flexibility index (Phi) is 7.99. The number of nitriles is 1. The van der Waals surface area contributed by atoms with Crippen molar-refractivity contribution in [2.24, 2.45) is 0 Å². The predicted octanol–water partition coefficient (Wildman–Crippen LogP) is 6.92. The number of benzene rings is 2. The number of allylic oxidation sites excluding steroid dienone is 1. The van der Waals surface area contributed by atoms with E-state index in [4.69, 9.17) is 16.3 Å². The number of carbonyl (C=O) groups excluding carboxylic acids is 2. The van der Waals surface area contributed by atoms with Crippen molar-refractivity contribution in [1.29, 1.82) is 5.26 Å². The quantitative estimate of drug-likeness (QED) is 0.447. The molecule has 0 heterocycles. The van der Waals surface area contributed by atoms with Crippen LogP contribution in [0.3, 0.4) is 0 Å². The smallest absolute Gasteiger partial charge is 0.416 e. The van der Waals surface area contributed by atoms with Gasteiger partial charge in [0, 0.05) is 28.4 Å². The maximum atomic E-state index is 13.2. The highest BCUT2D eigenvalue weighted by Crippen LogP contribution is 2.37. The summed E-state index contributed by atoms with van der Waals surface area (Å²) in [6.45, 7) is 5.05. The molecule has 1 unspecified atom stereocenters. The average Bonchev–Trinajstić information content (AvgIpc) is 2.76. The van der Waals surface area contributed by atoms with Gasteiger partial charge in [-0.3, -0.25) is 4.79 Å². The van der Waals surface area contributed by atoms with Crippen LogP contribution in [0.2, 0.25) is 5.02 Å². The minimum atomic E-state index is -4.53. The van der Waals surface area contributed by atoms with Crippen molar-refractivity contribution >= 4 is 29.2 Å². The van der Waals surface area contributed by atoms with Crippen molar-refractivity contribution in [1.82, 2.24) is 5.32 Å². The number of ketones is 1. The number of nitrogens with zero attached hydrogens (tertiary/aromatic N) is 1. The number of anilines is 1. The summed E-state index contributed by atoms with van der Waals surface area (Å²) in [6, 6.07) is 9.98. The number of carbonyl (C=O) groups is 2. The van der Waals surface area contributed by atoms with E-state index < -0.39 is 29.5 Å². The number of amides is 1. The largest absolute Gasteiger partial charge is 0.444 e. The van der Waals surface area contributed by atoms with Gasteiger partial charge < -0.3 is 15.4 Å². The Hall–Kier alpha value is -3.51. The maximum absolute atomic E-state index is 13.2. The summed E-state index contributed by atoms with van der Waals surface area (Å²) in [5, 5.41) is 15.0. The van der Waals surface area contributed by atoms with Crippen LogP contribution in [-0.2, 0) is 15.7 Å². The number of rotatable bonds is 5. The summed E-state index contributed by atoms with van der Waals surface area (Å²) in [5.41, 5.74) is -0.360. The molecular weight excluding hydrogens is 495 g/mol. The molecule has 0 saturated carbocycles. The minimum Gasteiger partial charge on any atom is -0.444 e. The molecule has 2 N–H and O–H groups in total.